The Bertz CT molecular complexity index is 595. The zero-order chi connectivity index (χ0) is 11.9. The van der Waals surface area contributed by atoms with E-state index in [1.54, 1.807) is 19.1 Å². The number of hydrogen-bond acceptors (Lipinski definition) is 2. The van der Waals surface area contributed by atoms with Gasteiger partial charge in [0, 0.05) is 16.6 Å². The molecule has 5 heteroatoms. The minimum absolute atomic E-state index is 0.197. The summed E-state index contributed by atoms with van der Waals surface area (Å²) in [4.78, 5) is 4.07. The molecule has 0 aliphatic carbocycles. The van der Waals surface area contributed by atoms with Crippen LogP contribution in [0.5, 0.6) is 0 Å². The Morgan fingerprint density at radius 2 is 2.12 bits per heavy atom. The summed E-state index contributed by atoms with van der Waals surface area (Å²) in [6, 6.07) is 4.40. The quantitative estimate of drug-likeness (QED) is 0.592. The van der Waals surface area contributed by atoms with Crippen molar-refractivity contribution in [3.05, 3.63) is 40.3 Å². The average molecular weight is 238 g/mol. The third-order valence-electron chi connectivity index (χ3n) is 2.26. The molecule has 0 amide bonds. The number of halogens is 2. The van der Waals surface area contributed by atoms with E-state index >= 15 is 0 Å². The number of aromatic nitrogens is 1. The van der Waals surface area contributed by atoms with E-state index in [-0.39, 0.29) is 11.4 Å². The van der Waals surface area contributed by atoms with Crippen LogP contribution in [-0.4, -0.2) is 10.8 Å². The first-order chi connectivity index (χ1) is 7.49. The second-order valence-electron chi connectivity index (χ2n) is 3.51. The molecule has 3 nitrogen and oxygen atoms in total. The first-order valence-electron chi connectivity index (χ1n) is 4.60. The molecule has 0 spiro atoms. The van der Waals surface area contributed by atoms with Gasteiger partial charge in [-0.1, -0.05) is 11.6 Å². The van der Waals surface area contributed by atoms with Crippen LogP contribution in [0.3, 0.4) is 0 Å². The molecule has 0 atom stereocenters. The zero-order valence-electron chi connectivity index (χ0n) is 8.51. The fraction of sp³-hybridized carbons (Fsp3) is 0.0909. The summed E-state index contributed by atoms with van der Waals surface area (Å²) in [5.41, 5.74) is 6.46. The van der Waals surface area contributed by atoms with Gasteiger partial charge in [-0.3, -0.25) is 5.41 Å². The lowest BCUT2D eigenvalue weighted by molar-refractivity contribution is 0.636. The van der Waals surface area contributed by atoms with Crippen LogP contribution in [0.2, 0.25) is 5.02 Å². The van der Waals surface area contributed by atoms with Gasteiger partial charge in [0.05, 0.1) is 5.02 Å². The highest BCUT2D eigenvalue weighted by Gasteiger charge is 2.10. The van der Waals surface area contributed by atoms with Crippen molar-refractivity contribution >= 4 is 28.3 Å². The smallest absolute Gasteiger partial charge is 0.150 e. The van der Waals surface area contributed by atoms with Crippen LogP contribution in [0.25, 0.3) is 10.9 Å². The molecule has 16 heavy (non-hydrogen) atoms. The number of benzene rings is 1. The number of fused-ring (bicyclic) bond motifs is 1. The van der Waals surface area contributed by atoms with Gasteiger partial charge in [-0.25, -0.2) is 9.37 Å². The van der Waals surface area contributed by atoms with Crippen LogP contribution in [0.15, 0.2) is 18.2 Å². The fourth-order valence-corrected chi connectivity index (χ4v) is 1.82. The van der Waals surface area contributed by atoms with Crippen molar-refractivity contribution in [2.45, 2.75) is 6.92 Å². The van der Waals surface area contributed by atoms with Gasteiger partial charge < -0.3 is 5.73 Å². The first kappa shape index (κ1) is 10.8. The number of nitrogen functional groups attached to an aromatic ring is 1. The molecule has 1 aromatic carbocycles. The first-order valence-corrected chi connectivity index (χ1v) is 4.97. The van der Waals surface area contributed by atoms with Gasteiger partial charge in [0.2, 0.25) is 0 Å². The van der Waals surface area contributed by atoms with Crippen molar-refractivity contribution in [1.29, 1.82) is 5.41 Å². The Labute approximate surface area is 96.6 Å². The highest BCUT2D eigenvalue weighted by molar-refractivity contribution is 6.35. The van der Waals surface area contributed by atoms with Crippen molar-refractivity contribution in [3.8, 4) is 0 Å². The zero-order valence-corrected chi connectivity index (χ0v) is 9.27. The molecular weight excluding hydrogens is 229 g/mol. The maximum absolute atomic E-state index is 13.7. The molecule has 0 saturated carbocycles. The number of pyridine rings is 1. The van der Waals surface area contributed by atoms with Gasteiger partial charge in [0.25, 0.3) is 0 Å². The second kappa shape index (κ2) is 3.72. The maximum atomic E-state index is 13.7. The molecule has 0 bridgehead atoms. The maximum Gasteiger partial charge on any atom is 0.150 e. The van der Waals surface area contributed by atoms with Crippen LogP contribution in [0.1, 0.15) is 11.3 Å². The summed E-state index contributed by atoms with van der Waals surface area (Å²) in [7, 11) is 0. The molecule has 0 radical (unpaired) electrons. The Morgan fingerprint density at radius 3 is 2.75 bits per heavy atom. The minimum Gasteiger partial charge on any atom is -0.384 e. The summed E-state index contributed by atoms with van der Waals surface area (Å²) in [5.74, 6) is -0.717. The van der Waals surface area contributed by atoms with Crippen molar-refractivity contribution < 1.29 is 4.39 Å². The molecule has 2 rings (SSSR count). The summed E-state index contributed by atoms with van der Waals surface area (Å²) in [6.45, 7) is 1.74. The second-order valence-corrected chi connectivity index (χ2v) is 3.92. The lowest BCUT2D eigenvalue weighted by Crippen LogP contribution is -2.11. The summed E-state index contributed by atoms with van der Waals surface area (Å²) in [5, 5.41) is 8.14. The molecule has 1 aromatic heterocycles. The molecule has 0 unspecified atom stereocenters. The third kappa shape index (κ3) is 1.72. The van der Waals surface area contributed by atoms with Gasteiger partial charge in [0.1, 0.15) is 17.2 Å². The molecule has 0 aliphatic rings. The summed E-state index contributed by atoms with van der Waals surface area (Å²) >= 11 is 5.99. The minimum atomic E-state index is -0.520. The Morgan fingerprint density at radius 1 is 1.44 bits per heavy atom. The standard InChI is InChI=1S/C11H9ClFN3/c1-5-2-8(12)7-3-6(11(14)15)4-9(13)10(7)16-5/h2-4H,1H3,(H3,14,15). The molecule has 82 valence electrons. The van der Waals surface area contributed by atoms with E-state index in [2.05, 4.69) is 4.98 Å². The van der Waals surface area contributed by atoms with Crippen molar-refractivity contribution in [3.63, 3.8) is 0 Å². The van der Waals surface area contributed by atoms with Crippen LogP contribution in [0.4, 0.5) is 4.39 Å². The van der Waals surface area contributed by atoms with E-state index in [0.29, 0.717) is 21.7 Å². The molecule has 1 heterocycles. The number of nitrogens with two attached hydrogens (primary N) is 1. The number of hydrogen-bond donors (Lipinski definition) is 2. The average Bonchev–Trinajstić information content (AvgIpc) is 2.19. The van der Waals surface area contributed by atoms with E-state index in [1.807, 2.05) is 0 Å². The Kier molecular flexibility index (Phi) is 2.52. The predicted octanol–water partition coefficient (Wildman–Crippen LogP) is 2.62. The number of amidine groups is 1. The van der Waals surface area contributed by atoms with Gasteiger partial charge in [-0.05, 0) is 25.1 Å². The van der Waals surface area contributed by atoms with Gasteiger partial charge >= 0.3 is 0 Å². The SMILES string of the molecule is Cc1cc(Cl)c2cc(C(=N)N)cc(F)c2n1. The van der Waals surface area contributed by atoms with Crippen LogP contribution in [-0.2, 0) is 0 Å². The van der Waals surface area contributed by atoms with Gasteiger partial charge in [-0.15, -0.1) is 0 Å². The lowest BCUT2D eigenvalue weighted by atomic mass is 10.1. The molecule has 0 saturated heterocycles. The normalized spacial score (nSPS) is 10.7. The van der Waals surface area contributed by atoms with Crippen molar-refractivity contribution in [2.24, 2.45) is 5.73 Å². The van der Waals surface area contributed by atoms with E-state index in [9.17, 15) is 4.39 Å². The number of aryl methyl sites for hydroxylation is 1. The van der Waals surface area contributed by atoms with Gasteiger partial charge in [-0.2, -0.15) is 0 Å². The predicted molar refractivity (Wildman–Crippen MR) is 62.5 cm³/mol. The van der Waals surface area contributed by atoms with Crippen molar-refractivity contribution in [2.75, 3.05) is 0 Å². The van der Waals surface area contributed by atoms with Crippen LogP contribution < -0.4 is 5.73 Å². The Hall–Kier alpha value is -1.68. The number of nitrogens with one attached hydrogen (secondary N) is 1. The summed E-state index contributed by atoms with van der Waals surface area (Å²) in [6.07, 6.45) is 0. The van der Waals surface area contributed by atoms with E-state index in [4.69, 9.17) is 22.7 Å². The Balaban J connectivity index is 2.87. The molecule has 0 aliphatic heterocycles. The topological polar surface area (TPSA) is 62.8 Å². The molecule has 0 fully saturated rings. The third-order valence-corrected chi connectivity index (χ3v) is 2.57. The summed E-state index contributed by atoms with van der Waals surface area (Å²) < 4.78 is 13.7. The number of nitrogens with zero attached hydrogens (tertiary/aromatic N) is 1. The fourth-order valence-electron chi connectivity index (χ4n) is 1.52. The molecular formula is C11H9ClFN3. The van der Waals surface area contributed by atoms with Crippen LogP contribution >= 0.6 is 11.6 Å². The van der Waals surface area contributed by atoms with Crippen molar-refractivity contribution in [1.82, 2.24) is 4.98 Å². The largest absolute Gasteiger partial charge is 0.384 e. The van der Waals surface area contributed by atoms with E-state index in [1.165, 1.54) is 6.07 Å². The molecule has 2 aromatic rings. The molecule has 3 N–H and O–H groups in total. The highest BCUT2D eigenvalue weighted by Crippen LogP contribution is 2.26. The highest BCUT2D eigenvalue weighted by atomic mass is 35.5. The van der Waals surface area contributed by atoms with Gasteiger partial charge in [0.15, 0.2) is 0 Å². The van der Waals surface area contributed by atoms with E-state index < -0.39 is 5.82 Å². The monoisotopic (exact) mass is 237 g/mol. The van der Waals surface area contributed by atoms with E-state index in [0.717, 1.165) is 0 Å². The lowest BCUT2D eigenvalue weighted by Gasteiger charge is -2.06. The number of rotatable bonds is 1. The van der Waals surface area contributed by atoms with Crippen LogP contribution in [0, 0.1) is 18.2 Å².